The fourth-order valence-corrected chi connectivity index (χ4v) is 17.9. The Bertz CT molecular complexity index is 4070. The van der Waals surface area contributed by atoms with Crippen LogP contribution in [0.15, 0.2) is 52.3 Å². The molecule has 0 bridgehead atoms. The molecule has 1 saturated heterocycles. The number of carbonyl (C=O) groups excluding carboxylic acids is 2. The number of nitrogens with two attached hydrogens (primary N) is 1. The molecule has 0 spiro atoms. The largest absolute Gasteiger partial charge is 0.490 e. The number of sulfonamides is 1. The molecule has 8 heterocycles. The van der Waals surface area contributed by atoms with Crippen LogP contribution in [0, 0.1) is 11.8 Å². The van der Waals surface area contributed by atoms with Crippen molar-refractivity contribution in [1.29, 1.82) is 0 Å². The lowest BCUT2D eigenvalue weighted by Crippen LogP contribution is -2.45. The molecule has 6 aliphatic rings. The number of nitrogen functional groups attached to an aromatic ring is 1. The van der Waals surface area contributed by atoms with Crippen LogP contribution < -0.4 is 51.4 Å². The number of benzene rings is 3. The van der Waals surface area contributed by atoms with Crippen molar-refractivity contribution in [2.75, 3.05) is 74.6 Å². The van der Waals surface area contributed by atoms with Crippen LogP contribution in [0.3, 0.4) is 0 Å². The first-order valence-electron chi connectivity index (χ1n) is 27.8. The first-order chi connectivity index (χ1) is 41.0. The van der Waals surface area contributed by atoms with Crippen LogP contribution in [0.25, 0.3) is 16.6 Å². The smallest absolute Gasteiger partial charge is 0.455 e. The first-order valence-corrected chi connectivity index (χ1v) is 36.3. The van der Waals surface area contributed by atoms with Crippen LogP contribution in [0.1, 0.15) is 90.1 Å². The maximum Gasteiger partial charge on any atom is 0.490 e. The Hall–Kier alpha value is -5.41. The average molecular weight is 1300 g/mol. The molecule has 1 fully saturated rings. The summed E-state index contributed by atoms with van der Waals surface area (Å²) in [6.45, 7) is 3.38. The van der Waals surface area contributed by atoms with Gasteiger partial charge in [-0.05, 0) is 73.9 Å². The fraction of sp³-hybridized carbons (Fsp3) is 0.453. The number of phosphoric ester groups is 1. The molecule has 11 rings (SSSR count). The van der Waals surface area contributed by atoms with Crippen LogP contribution in [0.5, 0.6) is 11.5 Å². The molecule has 0 aliphatic carbocycles. The molecule has 2 amide bonds. The Kier molecular flexibility index (Phi) is 18.5. The topological polar surface area (TPSA) is 386 Å². The molecule has 0 radical (unpaired) electrons. The second kappa shape index (κ2) is 25.6. The lowest BCUT2D eigenvalue weighted by Gasteiger charge is -2.39. The van der Waals surface area contributed by atoms with Crippen LogP contribution in [0.4, 0.5) is 11.6 Å². The lowest BCUT2D eigenvalue weighted by atomic mass is 9.82. The van der Waals surface area contributed by atoms with Crippen LogP contribution in [-0.2, 0) is 76.9 Å². The summed E-state index contributed by atoms with van der Waals surface area (Å²) >= 11 is 0. The van der Waals surface area contributed by atoms with Gasteiger partial charge in [-0.15, -0.1) is 0 Å². The van der Waals surface area contributed by atoms with Crippen LogP contribution in [-0.4, -0.2) is 136 Å². The van der Waals surface area contributed by atoms with Crippen molar-refractivity contribution in [3.63, 3.8) is 0 Å². The highest BCUT2D eigenvalue weighted by molar-refractivity contribution is 8.76. The Balaban J connectivity index is 0.626. The SMILES string of the molecule is Nc1nc2c(c(C#CCNC(=O)CCSSCCNC(=O)CCNS(=O)(=O)c3ccc(C4=c5cc6c7c(c5Oc5c4cc4c8c5CCCN8CCC4)CCC[N+]=7CCC6)cc3)cn2[C@H]2C[C@H](O)[C@@H](COP(=O)(O)OP(=O)(O)OP(=O)(O)O)O2)c(=O)[nH]1. The number of hydrogen-bond acceptors (Lipinski definition) is 19. The quantitative estimate of drug-likeness (QED) is 0.0153. The van der Waals surface area contributed by atoms with E-state index >= 15 is 0 Å². The minimum atomic E-state index is -5.79. The van der Waals surface area contributed by atoms with Crippen molar-refractivity contribution >= 4 is 95.1 Å². The average Bonchev–Trinajstić information content (AvgIpc) is 0.886. The molecule has 11 N–H and O–H groups in total. The fourth-order valence-electron chi connectivity index (χ4n) is 11.9. The number of H-pyrrole nitrogens is 1. The van der Waals surface area contributed by atoms with Crippen molar-refractivity contribution in [3.05, 3.63) is 102 Å². The third-order valence-corrected chi connectivity index (χ3v) is 23.1. The monoisotopic (exact) mass is 1300 g/mol. The zero-order valence-electron chi connectivity index (χ0n) is 46.1. The van der Waals surface area contributed by atoms with Crippen molar-refractivity contribution in [2.45, 2.75) is 94.0 Å². The highest BCUT2D eigenvalue weighted by Crippen LogP contribution is 2.66. The van der Waals surface area contributed by atoms with Gasteiger partial charge in [-0.25, -0.2) is 31.4 Å². The molecule has 3 aromatic carbocycles. The number of fused-ring (bicyclic) bond motifs is 5. The van der Waals surface area contributed by atoms with Gasteiger partial charge in [0, 0.05) is 109 Å². The van der Waals surface area contributed by atoms with E-state index in [-0.39, 0.29) is 71.6 Å². The molecule has 86 heavy (non-hydrogen) atoms. The van der Waals surface area contributed by atoms with Gasteiger partial charge in [0.2, 0.25) is 33.1 Å². The Morgan fingerprint density at radius 1 is 0.884 bits per heavy atom. The maximum absolute atomic E-state index is 13.6. The third kappa shape index (κ3) is 13.9. The van der Waals surface area contributed by atoms with Gasteiger partial charge in [0.05, 0.1) is 40.7 Å². The summed E-state index contributed by atoms with van der Waals surface area (Å²) in [7, 11) is -18.0. The van der Waals surface area contributed by atoms with Gasteiger partial charge in [0.25, 0.3) is 5.56 Å². The number of nitrogens with zero attached hydrogens (tertiary/aromatic N) is 4. The summed E-state index contributed by atoms with van der Waals surface area (Å²) in [6.07, 6.45) is 5.60. The molecule has 2 unspecified atom stereocenters. The number of amides is 2. The zero-order chi connectivity index (χ0) is 60.7. The Morgan fingerprint density at radius 3 is 2.38 bits per heavy atom. The number of aromatic amines is 1. The van der Waals surface area contributed by atoms with Gasteiger partial charge in [-0.1, -0.05) is 45.6 Å². The Morgan fingerprint density at radius 2 is 1.60 bits per heavy atom. The van der Waals surface area contributed by atoms with Gasteiger partial charge in [0.1, 0.15) is 36.9 Å². The third-order valence-electron chi connectivity index (χ3n) is 15.4. The second-order valence-corrected chi connectivity index (χ2v) is 30.1. The summed E-state index contributed by atoms with van der Waals surface area (Å²) in [5.41, 5.74) is 14.9. The second-order valence-electron chi connectivity index (χ2n) is 21.3. The molecule has 6 aliphatic heterocycles. The maximum atomic E-state index is 13.6. The summed E-state index contributed by atoms with van der Waals surface area (Å²) in [5.74, 6) is 7.50. The van der Waals surface area contributed by atoms with E-state index in [0.717, 1.165) is 111 Å². The number of rotatable bonds is 22. The highest BCUT2D eigenvalue weighted by atomic mass is 33.1. The zero-order valence-corrected chi connectivity index (χ0v) is 51.2. The van der Waals surface area contributed by atoms with E-state index < -0.39 is 64.1 Å². The number of hydrogen-bond donors (Lipinski definition) is 10. The summed E-state index contributed by atoms with van der Waals surface area (Å²) < 4.78 is 93.5. The summed E-state index contributed by atoms with van der Waals surface area (Å²) in [5, 5.41) is 18.5. The van der Waals surface area contributed by atoms with E-state index in [1.807, 2.05) is 12.1 Å². The standard InChI is InChI=1S/C53H62N9O18P3S3/c54-53-58-51-46(52(66)59-53)34(29-62(51)44-28-40(63)41(77-44)30-76-82(70,71)80-83(72,73)79-81(67,68)69)6-1-17-55-43(65)16-24-84-85-25-19-56-42(64)15-18-57-86(74,75)35-13-11-31(12-14-35)45-38-26-32-7-2-20-60-22-4-9-36(47(32)60)49(38)78-50-37-10-5-23-61-21-3-8-33(48(37)61)27-39(45)50/h11-14,26-27,29,40-41,44,57,63H,2-5,7-10,15-25,28,30H2,(H8-,54,55,56,58,59,64,65,66,67,68,69,70,71,72,73)/p+1/t40-,41+,44+/m0/s1. The highest BCUT2D eigenvalue weighted by Gasteiger charge is 2.44. The van der Waals surface area contributed by atoms with Gasteiger partial charge in [0.15, 0.2) is 5.65 Å². The van der Waals surface area contributed by atoms with Crippen molar-refractivity contribution in [1.82, 2.24) is 34.5 Å². The predicted molar refractivity (Wildman–Crippen MR) is 318 cm³/mol. The van der Waals surface area contributed by atoms with Gasteiger partial charge in [-0.2, -0.15) is 13.6 Å². The minimum absolute atomic E-state index is 0.0144. The van der Waals surface area contributed by atoms with Crippen molar-refractivity contribution < 1.29 is 79.0 Å². The molecule has 2 aromatic heterocycles. The van der Waals surface area contributed by atoms with E-state index in [1.54, 1.807) is 12.1 Å². The van der Waals surface area contributed by atoms with E-state index in [0.29, 0.717) is 18.1 Å². The molecule has 0 saturated carbocycles. The van der Waals surface area contributed by atoms with Gasteiger partial charge < -0.3 is 60.0 Å². The number of aliphatic hydroxyl groups excluding tert-OH is 1. The number of nitrogens with one attached hydrogen (secondary N) is 4. The van der Waals surface area contributed by atoms with Gasteiger partial charge >= 0.3 is 23.5 Å². The number of ether oxygens (including phenoxy) is 2. The van der Waals surface area contributed by atoms with Crippen LogP contribution >= 0.6 is 45.1 Å². The first kappa shape index (κ1) is 62.2. The number of anilines is 2. The summed E-state index contributed by atoms with van der Waals surface area (Å²) in [4.78, 5) is 84.3. The Labute approximate surface area is 500 Å². The van der Waals surface area contributed by atoms with Crippen LogP contribution in [0.2, 0.25) is 0 Å². The van der Waals surface area contributed by atoms with Crippen molar-refractivity contribution in [3.8, 4) is 23.3 Å². The minimum Gasteiger partial charge on any atom is -0.455 e. The predicted octanol–water partition coefficient (Wildman–Crippen LogP) is 2.46. The number of aromatic nitrogens is 3. The number of aryl methyl sites for hydroxylation is 2. The molecular weight excluding hydrogens is 1240 g/mol. The number of phosphoric acid groups is 3. The lowest BCUT2D eigenvalue weighted by molar-refractivity contribution is -0.121. The van der Waals surface area contributed by atoms with Crippen molar-refractivity contribution in [2.24, 2.45) is 0 Å². The van der Waals surface area contributed by atoms with E-state index in [4.69, 9.17) is 25.0 Å². The van der Waals surface area contributed by atoms with E-state index in [1.165, 1.54) is 65.7 Å². The van der Waals surface area contributed by atoms with E-state index in [2.05, 4.69) is 71.9 Å². The summed E-state index contributed by atoms with van der Waals surface area (Å²) in [6, 6.07) is 11.7. The number of carbonyl (C=O) groups is 2. The normalized spacial score (nSPS) is 20.1. The molecule has 5 aromatic rings. The molecular formula is C53H63N9O18P3S3+. The molecule has 5 atom stereocenters. The number of aliphatic hydroxyl groups is 1. The van der Waals surface area contributed by atoms with Gasteiger partial charge in [-0.3, -0.25) is 23.9 Å². The van der Waals surface area contributed by atoms with E-state index in [9.17, 15) is 51.4 Å². The molecule has 33 heteroatoms. The molecule has 460 valence electrons. The molecule has 27 nitrogen and oxygen atoms in total.